The number of sulfone groups is 1. The van der Waals surface area contributed by atoms with Gasteiger partial charge in [-0.1, -0.05) is 42.5 Å². The highest BCUT2D eigenvalue weighted by Crippen LogP contribution is 2.20. The third-order valence-electron chi connectivity index (χ3n) is 5.46. The third-order valence-corrected chi connectivity index (χ3v) is 7.14. The van der Waals surface area contributed by atoms with Crippen molar-refractivity contribution >= 4 is 15.7 Å². The second-order valence-corrected chi connectivity index (χ2v) is 9.68. The highest BCUT2D eigenvalue weighted by atomic mass is 32.2. The van der Waals surface area contributed by atoms with Gasteiger partial charge in [-0.3, -0.25) is 9.69 Å². The fourth-order valence-corrected chi connectivity index (χ4v) is 5.08. The highest BCUT2D eigenvalue weighted by molar-refractivity contribution is 7.90. The smallest absolute Gasteiger partial charge is 0.287 e. The summed E-state index contributed by atoms with van der Waals surface area (Å²) in [6, 6.07) is 17.7. The molecular weight excluding hydrogens is 428 g/mol. The predicted molar refractivity (Wildman–Crippen MR) is 120 cm³/mol. The number of nitrogens with zero attached hydrogens (tertiary/aromatic N) is 1. The Bertz CT molecular complexity index is 1150. The Hall–Kier alpha value is -2.94. The molecule has 4 rings (SSSR count). The van der Waals surface area contributed by atoms with Gasteiger partial charge in [0, 0.05) is 31.7 Å². The van der Waals surface area contributed by atoms with Gasteiger partial charge in [0.1, 0.15) is 0 Å². The van der Waals surface area contributed by atoms with Crippen LogP contribution in [0.15, 0.2) is 76.2 Å². The van der Waals surface area contributed by atoms with Crippen LogP contribution < -0.4 is 5.32 Å². The fourth-order valence-electron chi connectivity index (χ4n) is 3.70. The topological polar surface area (TPSA) is 88.8 Å². The number of hydrogen-bond acceptors (Lipinski definition) is 6. The van der Waals surface area contributed by atoms with Crippen molar-refractivity contribution < 1.29 is 22.4 Å². The summed E-state index contributed by atoms with van der Waals surface area (Å²) in [7, 11) is -3.59. The number of carbonyl (C=O) groups is 1. The van der Waals surface area contributed by atoms with Crippen molar-refractivity contribution in [3.63, 3.8) is 0 Å². The normalized spacial score (nSPS) is 14.9. The van der Waals surface area contributed by atoms with Gasteiger partial charge in [-0.05, 0) is 29.3 Å². The molecule has 8 heteroatoms. The van der Waals surface area contributed by atoms with Crippen molar-refractivity contribution in [1.82, 2.24) is 10.2 Å². The number of hydrogen-bond donors (Lipinski definition) is 1. The maximum absolute atomic E-state index is 12.8. The van der Waals surface area contributed by atoms with E-state index in [-0.39, 0.29) is 16.4 Å². The van der Waals surface area contributed by atoms with Gasteiger partial charge >= 0.3 is 0 Å². The van der Waals surface area contributed by atoms with Crippen LogP contribution in [-0.2, 0) is 33.4 Å². The van der Waals surface area contributed by atoms with Crippen molar-refractivity contribution in [3.8, 4) is 0 Å². The van der Waals surface area contributed by atoms with E-state index in [4.69, 9.17) is 9.15 Å². The second-order valence-electron chi connectivity index (χ2n) is 7.69. The molecule has 1 amide bonds. The number of morpholine rings is 1. The standard InChI is InChI=1S/C24H26N2O5S/c27-24(23-21(10-13-31-23)18-32(28,29)22-8-2-1-3-9-22)25-16-19-6-4-5-7-20(19)17-26-11-14-30-15-12-26/h1-10,13H,11-12,14-18H2,(H,25,27). The molecule has 168 valence electrons. The number of ether oxygens (including phenoxy) is 1. The summed E-state index contributed by atoms with van der Waals surface area (Å²) in [5.74, 6) is -0.714. The predicted octanol–water partition coefficient (Wildman–Crippen LogP) is 3.02. The zero-order valence-electron chi connectivity index (χ0n) is 17.7. The Morgan fingerprint density at radius 2 is 1.59 bits per heavy atom. The molecule has 0 spiro atoms. The number of furan rings is 1. The minimum absolute atomic E-state index is 0.0233. The first-order chi connectivity index (χ1) is 15.5. The molecule has 2 aromatic carbocycles. The first-order valence-electron chi connectivity index (χ1n) is 10.5. The lowest BCUT2D eigenvalue weighted by molar-refractivity contribution is 0.0340. The van der Waals surface area contributed by atoms with Gasteiger partial charge in [0.25, 0.3) is 5.91 Å². The Labute approximate surface area is 187 Å². The van der Waals surface area contributed by atoms with Crippen LogP contribution in [0.5, 0.6) is 0 Å². The van der Waals surface area contributed by atoms with E-state index in [2.05, 4.69) is 16.3 Å². The average Bonchev–Trinajstić information content (AvgIpc) is 3.27. The maximum Gasteiger partial charge on any atom is 0.287 e. The van der Waals surface area contributed by atoms with Crippen LogP contribution in [0.3, 0.4) is 0 Å². The van der Waals surface area contributed by atoms with E-state index in [0.717, 1.165) is 44.0 Å². The molecule has 32 heavy (non-hydrogen) atoms. The van der Waals surface area contributed by atoms with Gasteiger partial charge in [-0.15, -0.1) is 0 Å². The number of benzene rings is 2. The number of amides is 1. The first-order valence-corrected chi connectivity index (χ1v) is 12.2. The molecule has 0 atom stereocenters. The lowest BCUT2D eigenvalue weighted by atomic mass is 10.1. The maximum atomic E-state index is 12.8. The van der Waals surface area contributed by atoms with Crippen LogP contribution in [-0.4, -0.2) is 45.5 Å². The molecule has 7 nitrogen and oxygen atoms in total. The molecule has 2 heterocycles. The van der Waals surface area contributed by atoms with E-state index in [0.29, 0.717) is 12.1 Å². The molecular formula is C24H26N2O5S. The summed E-state index contributed by atoms with van der Waals surface area (Å²) in [4.78, 5) is 15.3. The van der Waals surface area contributed by atoms with Crippen molar-refractivity contribution in [2.24, 2.45) is 0 Å². The number of nitrogens with one attached hydrogen (secondary N) is 1. The van der Waals surface area contributed by atoms with Crippen LogP contribution in [0.25, 0.3) is 0 Å². The Kier molecular flexibility index (Phi) is 7.04. The molecule has 1 N–H and O–H groups in total. The molecule has 1 aromatic heterocycles. The number of rotatable bonds is 8. The molecule has 0 bridgehead atoms. The molecule has 3 aromatic rings. The monoisotopic (exact) mass is 454 g/mol. The van der Waals surface area contributed by atoms with Crippen LogP contribution in [0.1, 0.15) is 27.2 Å². The van der Waals surface area contributed by atoms with Crippen molar-refractivity contribution in [2.45, 2.75) is 23.7 Å². The Morgan fingerprint density at radius 3 is 2.34 bits per heavy atom. The molecule has 1 aliphatic heterocycles. The lowest BCUT2D eigenvalue weighted by Gasteiger charge is -2.27. The van der Waals surface area contributed by atoms with Crippen molar-refractivity contribution in [2.75, 3.05) is 26.3 Å². The van der Waals surface area contributed by atoms with Gasteiger partial charge in [-0.25, -0.2) is 8.42 Å². The number of carbonyl (C=O) groups excluding carboxylic acids is 1. The highest BCUT2D eigenvalue weighted by Gasteiger charge is 2.22. The summed E-state index contributed by atoms with van der Waals surface area (Å²) in [5.41, 5.74) is 2.49. The van der Waals surface area contributed by atoms with Gasteiger partial charge in [-0.2, -0.15) is 0 Å². The molecule has 1 fully saturated rings. The quantitative estimate of drug-likeness (QED) is 0.563. The largest absolute Gasteiger partial charge is 0.459 e. The van der Waals surface area contributed by atoms with Gasteiger partial charge < -0.3 is 14.5 Å². The first kappa shape index (κ1) is 22.3. The summed E-state index contributed by atoms with van der Waals surface area (Å²) >= 11 is 0. The van der Waals surface area contributed by atoms with Crippen molar-refractivity contribution in [3.05, 3.63) is 89.4 Å². The summed E-state index contributed by atoms with van der Waals surface area (Å²) in [6.07, 6.45) is 1.34. The van der Waals surface area contributed by atoms with E-state index in [1.165, 1.54) is 12.3 Å². The van der Waals surface area contributed by atoms with E-state index >= 15 is 0 Å². The van der Waals surface area contributed by atoms with Crippen molar-refractivity contribution in [1.29, 1.82) is 0 Å². The van der Waals surface area contributed by atoms with E-state index in [1.54, 1.807) is 30.3 Å². The molecule has 1 saturated heterocycles. The summed E-state index contributed by atoms with van der Waals surface area (Å²) in [5, 5.41) is 2.87. The second kappa shape index (κ2) is 10.1. The SMILES string of the molecule is O=C(NCc1ccccc1CN1CCOCC1)c1occc1CS(=O)(=O)c1ccccc1. The Morgan fingerprint density at radius 1 is 0.906 bits per heavy atom. The summed E-state index contributed by atoms with van der Waals surface area (Å²) < 4.78 is 36.2. The molecule has 0 radical (unpaired) electrons. The average molecular weight is 455 g/mol. The fraction of sp³-hybridized carbons (Fsp3) is 0.292. The molecule has 0 unspecified atom stereocenters. The van der Waals surface area contributed by atoms with Crippen LogP contribution in [0, 0.1) is 0 Å². The van der Waals surface area contributed by atoms with Gasteiger partial charge in [0.2, 0.25) is 0 Å². The summed E-state index contributed by atoms with van der Waals surface area (Å²) in [6.45, 7) is 4.33. The zero-order chi connectivity index (χ0) is 22.4. The van der Waals surface area contributed by atoms with E-state index < -0.39 is 15.7 Å². The minimum Gasteiger partial charge on any atom is -0.459 e. The van der Waals surface area contributed by atoms with Gasteiger partial charge in [0.15, 0.2) is 15.6 Å². The van der Waals surface area contributed by atoms with E-state index in [9.17, 15) is 13.2 Å². The zero-order valence-corrected chi connectivity index (χ0v) is 18.5. The van der Waals surface area contributed by atoms with Crippen LogP contribution >= 0.6 is 0 Å². The lowest BCUT2D eigenvalue weighted by Crippen LogP contribution is -2.36. The molecule has 0 aliphatic carbocycles. The molecule has 1 aliphatic rings. The molecule has 0 saturated carbocycles. The van der Waals surface area contributed by atoms with Gasteiger partial charge in [0.05, 0.1) is 30.1 Å². The van der Waals surface area contributed by atoms with Crippen LogP contribution in [0.4, 0.5) is 0 Å². The Balaban J connectivity index is 1.42. The van der Waals surface area contributed by atoms with Crippen LogP contribution in [0.2, 0.25) is 0 Å². The van der Waals surface area contributed by atoms with E-state index in [1.807, 2.05) is 18.2 Å². The minimum atomic E-state index is -3.59. The third kappa shape index (κ3) is 5.45.